The first-order valence-corrected chi connectivity index (χ1v) is 6.40. The van der Waals surface area contributed by atoms with E-state index in [0.717, 1.165) is 16.7 Å². The summed E-state index contributed by atoms with van der Waals surface area (Å²) in [6, 6.07) is 12.9. The molecule has 0 aliphatic heterocycles. The molecule has 0 radical (unpaired) electrons. The molecule has 3 heteroatoms. The zero-order valence-corrected chi connectivity index (χ0v) is 11.6. The minimum absolute atomic E-state index is 0.0719. The molecule has 0 atom stereocenters. The number of benzene rings is 2. The van der Waals surface area contributed by atoms with Crippen LogP contribution in [0.1, 0.15) is 16.7 Å². The monoisotopic (exact) mass is 267 g/mol. The highest BCUT2D eigenvalue weighted by molar-refractivity contribution is 6.02. The third kappa shape index (κ3) is 3.48. The van der Waals surface area contributed by atoms with Gasteiger partial charge in [-0.3, -0.25) is 4.79 Å². The zero-order chi connectivity index (χ0) is 14.5. The second-order valence-electron chi connectivity index (χ2n) is 4.70. The van der Waals surface area contributed by atoms with Crippen LogP contribution in [0.15, 0.2) is 48.5 Å². The Bertz CT molecular complexity index is 660. The summed E-state index contributed by atoms with van der Waals surface area (Å²) in [5.74, 6) is -0.199. The zero-order valence-electron chi connectivity index (χ0n) is 11.6. The van der Waals surface area contributed by atoms with Crippen molar-refractivity contribution < 1.29 is 9.90 Å². The maximum absolute atomic E-state index is 11.8. The molecule has 0 heterocycles. The Morgan fingerprint density at radius 1 is 1.15 bits per heavy atom. The van der Waals surface area contributed by atoms with Crippen molar-refractivity contribution in [2.75, 3.05) is 5.32 Å². The van der Waals surface area contributed by atoms with Crippen LogP contribution in [-0.2, 0) is 4.79 Å². The number of phenols is 1. The van der Waals surface area contributed by atoms with Gasteiger partial charge in [0.05, 0.1) is 5.69 Å². The Morgan fingerprint density at radius 2 is 1.90 bits per heavy atom. The van der Waals surface area contributed by atoms with E-state index in [2.05, 4.69) is 5.32 Å². The third-order valence-corrected chi connectivity index (χ3v) is 3.01. The van der Waals surface area contributed by atoms with Crippen LogP contribution in [0, 0.1) is 13.8 Å². The molecule has 1 amide bonds. The minimum Gasteiger partial charge on any atom is -0.506 e. The number of aryl methyl sites for hydroxylation is 2. The molecule has 2 rings (SSSR count). The average Bonchev–Trinajstić information content (AvgIpc) is 2.41. The maximum Gasteiger partial charge on any atom is 0.248 e. The Kier molecular flexibility index (Phi) is 4.20. The molecular weight excluding hydrogens is 250 g/mol. The second-order valence-corrected chi connectivity index (χ2v) is 4.70. The largest absolute Gasteiger partial charge is 0.506 e. The van der Waals surface area contributed by atoms with Crippen molar-refractivity contribution >= 4 is 17.7 Å². The number of hydrogen-bond donors (Lipinski definition) is 2. The van der Waals surface area contributed by atoms with Crippen molar-refractivity contribution in [3.05, 3.63) is 65.2 Å². The van der Waals surface area contributed by atoms with Crippen molar-refractivity contribution in [2.24, 2.45) is 0 Å². The van der Waals surface area contributed by atoms with Gasteiger partial charge in [-0.25, -0.2) is 0 Å². The molecule has 0 fully saturated rings. The normalized spacial score (nSPS) is 10.7. The molecule has 0 aliphatic rings. The highest BCUT2D eigenvalue weighted by Gasteiger charge is 2.03. The lowest BCUT2D eigenvalue weighted by atomic mass is 10.1. The summed E-state index contributed by atoms with van der Waals surface area (Å²) in [4.78, 5) is 11.8. The van der Waals surface area contributed by atoms with Crippen molar-refractivity contribution in [3.63, 3.8) is 0 Å². The van der Waals surface area contributed by atoms with Gasteiger partial charge in [0.2, 0.25) is 5.91 Å². The Hall–Kier alpha value is -2.55. The van der Waals surface area contributed by atoms with Gasteiger partial charge in [0.25, 0.3) is 0 Å². The smallest absolute Gasteiger partial charge is 0.248 e. The lowest BCUT2D eigenvalue weighted by Gasteiger charge is -2.05. The van der Waals surface area contributed by atoms with Gasteiger partial charge in [0, 0.05) is 6.08 Å². The highest BCUT2D eigenvalue weighted by Crippen LogP contribution is 2.23. The summed E-state index contributed by atoms with van der Waals surface area (Å²) in [5, 5.41) is 12.4. The molecule has 0 spiro atoms. The van der Waals surface area contributed by atoms with Crippen molar-refractivity contribution in [2.45, 2.75) is 13.8 Å². The van der Waals surface area contributed by atoms with Gasteiger partial charge < -0.3 is 10.4 Å². The third-order valence-electron chi connectivity index (χ3n) is 3.01. The molecule has 0 saturated heterocycles. The maximum atomic E-state index is 11.8. The molecule has 0 aromatic heterocycles. The molecule has 0 saturated carbocycles. The van der Waals surface area contributed by atoms with Crippen LogP contribution in [0.25, 0.3) is 6.08 Å². The molecule has 0 unspecified atom stereocenters. The van der Waals surface area contributed by atoms with Gasteiger partial charge in [-0.2, -0.15) is 0 Å². The first kappa shape index (κ1) is 13.9. The summed E-state index contributed by atoms with van der Waals surface area (Å²) in [6.45, 7) is 3.87. The molecule has 0 aliphatic carbocycles. The van der Waals surface area contributed by atoms with Crippen LogP contribution in [0.5, 0.6) is 5.75 Å². The molecule has 2 aromatic rings. The summed E-state index contributed by atoms with van der Waals surface area (Å²) in [7, 11) is 0. The fourth-order valence-corrected chi connectivity index (χ4v) is 1.86. The standard InChI is InChI=1S/C17H17NO2/c1-12-7-9-15(16(19)11-12)18-17(20)10-8-14-6-4-3-5-13(14)2/h3-11,19H,1-2H3,(H,18,20)/b10-8+. The van der Waals surface area contributed by atoms with E-state index in [1.807, 2.05) is 44.2 Å². The highest BCUT2D eigenvalue weighted by atomic mass is 16.3. The molecule has 2 aromatic carbocycles. The van der Waals surface area contributed by atoms with Crippen LogP contribution in [0.2, 0.25) is 0 Å². The van der Waals surface area contributed by atoms with Crippen LogP contribution in [0.4, 0.5) is 5.69 Å². The van der Waals surface area contributed by atoms with E-state index in [1.54, 1.807) is 18.2 Å². The van der Waals surface area contributed by atoms with Crippen LogP contribution in [0.3, 0.4) is 0 Å². The fourth-order valence-electron chi connectivity index (χ4n) is 1.86. The topological polar surface area (TPSA) is 49.3 Å². The van der Waals surface area contributed by atoms with Crippen molar-refractivity contribution in [3.8, 4) is 5.75 Å². The number of carbonyl (C=O) groups is 1. The molecule has 2 N–H and O–H groups in total. The minimum atomic E-state index is -0.271. The molecule has 3 nitrogen and oxygen atoms in total. The Labute approximate surface area is 118 Å². The first-order valence-electron chi connectivity index (χ1n) is 6.40. The Morgan fingerprint density at radius 3 is 2.60 bits per heavy atom. The van der Waals surface area contributed by atoms with E-state index in [4.69, 9.17) is 0 Å². The van der Waals surface area contributed by atoms with E-state index in [1.165, 1.54) is 6.08 Å². The summed E-state index contributed by atoms with van der Waals surface area (Å²) in [6.07, 6.45) is 3.22. The number of rotatable bonds is 3. The van der Waals surface area contributed by atoms with Crippen LogP contribution in [-0.4, -0.2) is 11.0 Å². The van der Waals surface area contributed by atoms with Gasteiger partial charge >= 0.3 is 0 Å². The number of anilines is 1. The quantitative estimate of drug-likeness (QED) is 0.658. The second kappa shape index (κ2) is 6.06. The SMILES string of the molecule is Cc1ccc(NC(=O)/C=C/c2ccccc2C)c(O)c1. The lowest BCUT2D eigenvalue weighted by molar-refractivity contribution is -0.111. The predicted molar refractivity (Wildman–Crippen MR) is 81.7 cm³/mol. The molecule has 102 valence electrons. The van der Waals surface area contributed by atoms with E-state index in [0.29, 0.717) is 5.69 Å². The number of carbonyl (C=O) groups excluding carboxylic acids is 1. The van der Waals surface area contributed by atoms with E-state index < -0.39 is 0 Å². The number of nitrogens with one attached hydrogen (secondary N) is 1. The number of phenolic OH excluding ortho intramolecular Hbond substituents is 1. The van der Waals surface area contributed by atoms with Gasteiger partial charge in [-0.1, -0.05) is 30.3 Å². The number of hydrogen-bond acceptors (Lipinski definition) is 2. The Balaban J connectivity index is 2.08. The van der Waals surface area contributed by atoms with Crippen molar-refractivity contribution in [1.29, 1.82) is 0 Å². The van der Waals surface area contributed by atoms with Gasteiger partial charge in [-0.15, -0.1) is 0 Å². The molecule has 20 heavy (non-hydrogen) atoms. The lowest BCUT2D eigenvalue weighted by Crippen LogP contribution is -2.07. The fraction of sp³-hybridized carbons (Fsp3) is 0.118. The molecular formula is C17H17NO2. The average molecular weight is 267 g/mol. The number of amides is 1. The summed E-state index contributed by atoms with van der Waals surface area (Å²) >= 11 is 0. The van der Waals surface area contributed by atoms with E-state index >= 15 is 0 Å². The van der Waals surface area contributed by atoms with E-state index in [-0.39, 0.29) is 11.7 Å². The van der Waals surface area contributed by atoms with Gasteiger partial charge in [-0.05, 0) is 48.7 Å². The summed E-state index contributed by atoms with van der Waals surface area (Å²) in [5.41, 5.74) is 3.46. The van der Waals surface area contributed by atoms with E-state index in [9.17, 15) is 9.90 Å². The number of aromatic hydroxyl groups is 1. The van der Waals surface area contributed by atoms with Crippen LogP contribution >= 0.6 is 0 Å². The molecule has 0 bridgehead atoms. The van der Waals surface area contributed by atoms with Gasteiger partial charge in [0.15, 0.2) is 0 Å². The van der Waals surface area contributed by atoms with Crippen molar-refractivity contribution in [1.82, 2.24) is 0 Å². The predicted octanol–water partition coefficient (Wildman–Crippen LogP) is 3.66. The first-order chi connectivity index (χ1) is 9.56. The van der Waals surface area contributed by atoms with Crippen LogP contribution < -0.4 is 5.32 Å². The summed E-state index contributed by atoms with van der Waals surface area (Å²) < 4.78 is 0. The van der Waals surface area contributed by atoms with Gasteiger partial charge in [0.1, 0.15) is 5.75 Å².